The van der Waals surface area contributed by atoms with Crippen LogP contribution in [0.5, 0.6) is 0 Å². The van der Waals surface area contributed by atoms with Gasteiger partial charge >= 0.3 is 0 Å². The fourth-order valence-electron chi connectivity index (χ4n) is 4.15. The Morgan fingerprint density at radius 2 is 1.73 bits per heavy atom. The summed E-state index contributed by atoms with van der Waals surface area (Å²) in [7, 11) is -3.12. The van der Waals surface area contributed by atoms with E-state index >= 15 is 0 Å². The van der Waals surface area contributed by atoms with Crippen LogP contribution in [0.4, 0.5) is 0 Å². The smallest absolute Gasteiger partial charge is 0.156 e. The van der Waals surface area contributed by atoms with E-state index in [-0.39, 0.29) is 0 Å². The molecule has 0 aliphatic heterocycles. The predicted molar refractivity (Wildman–Crippen MR) is 75.1 cm³/mol. The molecule has 88 valence electrons. The molecule has 3 atom stereocenters. The van der Waals surface area contributed by atoms with Gasteiger partial charge in [0.1, 0.15) is 0 Å². The maximum atomic E-state index is 6.83. The van der Waals surface area contributed by atoms with Gasteiger partial charge in [-0.1, -0.05) is 32.6 Å². The van der Waals surface area contributed by atoms with Crippen molar-refractivity contribution in [2.24, 2.45) is 5.92 Å². The molecule has 2 rings (SSSR count). The highest BCUT2D eigenvalue weighted by Crippen LogP contribution is 2.73. The number of halogens is 2. The zero-order valence-corrected chi connectivity index (χ0v) is 13.8. The molecule has 0 radical (unpaired) electrons. The van der Waals surface area contributed by atoms with Gasteiger partial charge in [0.05, 0.1) is 0 Å². The number of rotatable bonds is 2. The van der Waals surface area contributed by atoms with E-state index in [0.29, 0.717) is 5.04 Å². The molecule has 2 fully saturated rings. The molecule has 0 aromatic carbocycles. The van der Waals surface area contributed by atoms with Crippen molar-refractivity contribution in [3.63, 3.8) is 0 Å². The summed E-state index contributed by atoms with van der Waals surface area (Å²) < 4.78 is 0. The van der Waals surface area contributed by atoms with Gasteiger partial charge in [-0.15, -0.1) is 0 Å². The van der Waals surface area contributed by atoms with Crippen LogP contribution in [0.1, 0.15) is 25.7 Å². The third-order valence-corrected chi connectivity index (χ3v) is 12.7. The van der Waals surface area contributed by atoms with E-state index in [0.717, 1.165) is 11.5 Å². The van der Waals surface area contributed by atoms with Crippen LogP contribution in [-0.2, 0) is 0 Å². The number of hydrogen-bond donors (Lipinski definition) is 0. The van der Waals surface area contributed by atoms with Gasteiger partial charge in [0.2, 0.25) is 0 Å². The van der Waals surface area contributed by atoms with Gasteiger partial charge in [-0.2, -0.15) is 22.2 Å². The average molecular weight is 281 g/mol. The zero-order chi connectivity index (χ0) is 11.5. The quantitative estimate of drug-likeness (QED) is 0.483. The number of fused-ring (bicyclic) bond motifs is 2. The molecule has 2 saturated carbocycles. The standard InChI is InChI=1S/C11H22Cl2Si2/c1-14(2,12)10-7-9-5-6-11(10,8-9)15(3,4)13/h9-10H,5-8H2,1-4H3. The van der Waals surface area contributed by atoms with E-state index in [1.807, 2.05) is 0 Å². The first-order valence-electron chi connectivity index (χ1n) is 6.05. The molecule has 4 heteroatoms. The van der Waals surface area contributed by atoms with E-state index in [2.05, 4.69) is 26.2 Å². The molecule has 0 heterocycles. The summed E-state index contributed by atoms with van der Waals surface area (Å²) in [5, 5.41) is 0.483. The van der Waals surface area contributed by atoms with Crippen LogP contribution in [0.2, 0.25) is 36.8 Å². The molecule has 0 aromatic rings. The maximum Gasteiger partial charge on any atom is 0.156 e. The molecule has 3 unspecified atom stereocenters. The van der Waals surface area contributed by atoms with Crippen molar-refractivity contribution in [1.82, 2.24) is 0 Å². The second-order valence-corrected chi connectivity index (χ2v) is 20.1. The number of hydrogen-bond acceptors (Lipinski definition) is 0. The Kier molecular flexibility index (Phi) is 2.91. The van der Waals surface area contributed by atoms with Gasteiger partial charge in [0.15, 0.2) is 14.8 Å². The predicted octanol–water partition coefficient (Wildman–Crippen LogP) is 5.19. The summed E-state index contributed by atoms with van der Waals surface area (Å²) in [6.07, 6.45) is 5.56. The first-order valence-corrected chi connectivity index (χ1v) is 14.1. The van der Waals surface area contributed by atoms with Gasteiger partial charge in [-0.25, -0.2) is 0 Å². The monoisotopic (exact) mass is 280 g/mol. The van der Waals surface area contributed by atoms with E-state index in [9.17, 15) is 0 Å². The first-order chi connectivity index (χ1) is 6.67. The highest BCUT2D eigenvalue weighted by Gasteiger charge is 2.63. The minimum absolute atomic E-state index is 0.483. The molecule has 0 saturated heterocycles. The molecule has 15 heavy (non-hydrogen) atoms. The van der Waals surface area contributed by atoms with E-state index < -0.39 is 14.8 Å². The largest absolute Gasteiger partial charge is 0.167 e. The third kappa shape index (κ3) is 1.86. The van der Waals surface area contributed by atoms with Crippen LogP contribution in [0.15, 0.2) is 0 Å². The van der Waals surface area contributed by atoms with Gasteiger partial charge < -0.3 is 0 Å². The molecule has 0 aromatic heterocycles. The summed E-state index contributed by atoms with van der Waals surface area (Å²) in [6.45, 7) is 9.32. The second-order valence-electron chi connectivity index (χ2n) is 6.59. The molecule has 0 nitrogen and oxygen atoms in total. The Morgan fingerprint density at radius 1 is 1.13 bits per heavy atom. The van der Waals surface area contributed by atoms with Crippen LogP contribution in [-0.4, -0.2) is 14.8 Å². The van der Waals surface area contributed by atoms with E-state index in [4.69, 9.17) is 22.2 Å². The lowest BCUT2D eigenvalue weighted by Gasteiger charge is -2.46. The lowest BCUT2D eigenvalue weighted by Crippen LogP contribution is -2.44. The Hall–Kier alpha value is 1.01. The zero-order valence-electron chi connectivity index (χ0n) is 10.2. The molecule has 2 bridgehead atoms. The van der Waals surface area contributed by atoms with Crippen molar-refractivity contribution in [3.05, 3.63) is 0 Å². The van der Waals surface area contributed by atoms with Gasteiger partial charge in [-0.3, -0.25) is 0 Å². The summed E-state index contributed by atoms with van der Waals surface area (Å²) in [6, 6.07) is 0. The summed E-state index contributed by atoms with van der Waals surface area (Å²) >= 11 is 13.6. The summed E-state index contributed by atoms with van der Waals surface area (Å²) in [4.78, 5) is 0. The second kappa shape index (κ2) is 3.50. The van der Waals surface area contributed by atoms with Crippen LogP contribution in [0, 0.1) is 5.92 Å². The van der Waals surface area contributed by atoms with Gasteiger partial charge in [-0.05, 0) is 35.8 Å². The van der Waals surface area contributed by atoms with E-state index in [1.165, 1.54) is 25.7 Å². The molecule has 2 aliphatic rings. The molecular formula is C11H22Cl2Si2. The summed E-state index contributed by atoms with van der Waals surface area (Å²) in [5.41, 5.74) is 0.782. The minimum atomic E-state index is -1.58. The van der Waals surface area contributed by atoms with Crippen LogP contribution in [0.25, 0.3) is 0 Å². The van der Waals surface area contributed by atoms with Crippen molar-refractivity contribution in [1.29, 1.82) is 0 Å². The molecule has 0 spiro atoms. The van der Waals surface area contributed by atoms with Crippen LogP contribution >= 0.6 is 22.2 Å². The first kappa shape index (κ1) is 12.5. The fraction of sp³-hybridized carbons (Fsp3) is 1.00. The highest BCUT2D eigenvalue weighted by molar-refractivity contribution is 7.24. The van der Waals surface area contributed by atoms with Crippen molar-refractivity contribution < 1.29 is 0 Å². The summed E-state index contributed by atoms with van der Waals surface area (Å²) in [5.74, 6) is 0.950. The van der Waals surface area contributed by atoms with Gasteiger partial charge in [0.25, 0.3) is 0 Å². The maximum absolute atomic E-state index is 6.83. The Bertz CT molecular complexity index is 267. The Balaban J connectivity index is 2.36. The third-order valence-electron chi connectivity index (χ3n) is 4.90. The lowest BCUT2D eigenvalue weighted by molar-refractivity contribution is 0.476. The molecule has 2 aliphatic carbocycles. The highest BCUT2D eigenvalue weighted by atomic mass is 35.6. The minimum Gasteiger partial charge on any atom is -0.167 e. The molecule has 0 N–H and O–H groups in total. The van der Waals surface area contributed by atoms with Crippen molar-refractivity contribution in [2.75, 3.05) is 0 Å². The Morgan fingerprint density at radius 3 is 2.07 bits per heavy atom. The van der Waals surface area contributed by atoms with E-state index in [1.54, 1.807) is 0 Å². The van der Waals surface area contributed by atoms with Gasteiger partial charge in [0, 0.05) is 0 Å². The normalized spacial score (nSPS) is 41.2. The van der Waals surface area contributed by atoms with Crippen LogP contribution < -0.4 is 0 Å². The fourth-order valence-corrected chi connectivity index (χ4v) is 13.6. The van der Waals surface area contributed by atoms with Crippen molar-refractivity contribution in [2.45, 2.75) is 62.5 Å². The Labute approximate surface area is 105 Å². The average Bonchev–Trinajstić information content (AvgIpc) is 2.57. The lowest BCUT2D eigenvalue weighted by atomic mass is 9.99. The van der Waals surface area contributed by atoms with Crippen LogP contribution in [0.3, 0.4) is 0 Å². The SMILES string of the molecule is C[Si](C)(Cl)C1CC2CCC1([Si](C)(C)Cl)C2. The topological polar surface area (TPSA) is 0 Å². The van der Waals surface area contributed by atoms with Crippen molar-refractivity contribution >= 4 is 36.9 Å². The van der Waals surface area contributed by atoms with Crippen molar-refractivity contribution in [3.8, 4) is 0 Å². The molecule has 0 amide bonds. The molecular weight excluding hydrogens is 259 g/mol.